The minimum absolute atomic E-state index is 0.132. The number of rotatable bonds is 5. The first-order chi connectivity index (χ1) is 9.53. The average Bonchev–Trinajstić information content (AvgIpc) is 2.48. The lowest BCUT2D eigenvalue weighted by Gasteiger charge is -2.31. The third-order valence-electron chi connectivity index (χ3n) is 3.68. The quantitative estimate of drug-likeness (QED) is 0.837. The van der Waals surface area contributed by atoms with Gasteiger partial charge in [0.15, 0.2) is 0 Å². The topological polar surface area (TPSA) is 82.5 Å². The Morgan fingerprint density at radius 3 is 2.75 bits per heavy atom. The van der Waals surface area contributed by atoms with Crippen molar-refractivity contribution in [3.8, 4) is 0 Å². The molecule has 1 aliphatic heterocycles. The molecule has 1 saturated heterocycles. The van der Waals surface area contributed by atoms with Crippen molar-refractivity contribution in [2.24, 2.45) is 5.92 Å². The van der Waals surface area contributed by atoms with Gasteiger partial charge in [-0.3, -0.25) is 4.98 Å². The molecule has 0 bridgehead atoms. The zero-order valence-electron chi connectivity index (χ0n) is 11.6. The molecule has 20 heavy (non-hydrogen) atoms. The van der Waals surface area contributed by atoms with Gasteiger partial charge in [-0.2, -0.15) is 17.4 Å². The Hall–Kier alpha value is -1.02. The molecule has 2 N–H and O–H groups in total. The fourth-order valence-corrected chi connectivity index (χ4v) is 3.75. The molecule has 2 heterocycles. The first kappa shape index (κ1) is 15.4. The third-order valence-corrected chi connectivity index (χ3v) is 5.38. The Balaban J connectivity index is 1.98. The van der Waals surface area contributed by atoms with E-state index in [1.165, 1.54) is 4.31 Å². The summed E-state index contributed by atoms with van der Waals surface area (Å²) in [5, 5.41) is 9.08. The minimum atomic E-state index is -3.49. The summed E-state index contributed by atoms with van der Waals surface area (Å²) in [6.45, 7) is 2.85. The Bertz CT molecular complexity index is 513. The van der Waals surface area contributed by atoms with Crippen LogP contribution in [0.3, 0.4) is 0 Å². The largest absolute Gasteiger partial charge is 0.396 e. The molecule has 0 amide bonds. The summed E-state index contributed by atoms with van der Waals surface area (Å²) in [6, 6.07) is 3.31. The molecule has 2 rings (SSSR count). The Labute approximate surface area is 120 Å². The number of hydrogen-bond acceptors (Lipinski definition) is 4. The van der Waals surface area contributed by atoms with Crippen LogP contribution in [0.4, 0.5) is 0 Å². The van der Waals surface area contributed by atoms with Crippen molar-refractivity contribution in [1.29, 1.82) is 0 Å². The van der Waals surface area contributed by atoms with Crippen LogP contribution in [0.1, 0.15) is 31.4 Å². The maximum absolute atomic E-state index is 12.3. The zero-order valence-corrected chi connectivity index (χ0v) is 12.4. The Morgan fingerprint density at radius 2 is 2.20 bits per heavy atom. The molecule has 7 heteroatoms. The van der Waals surface area contributed by atoms with Gasteiger partial charge in [0, 0.05) is 38.1 Å². The van der Waals surface area contributed by atoms with Crippen LogP contribution in [-0.4, -0.2) is 42.5 Å². The fraction of sp³-hybridized carbons (Fsp3) is 0.615. The second-order valence-electron chi connectivity index (χ2n) is 5.16. The highest BCUT2D eigenvalue weighted by atomic mass is 32.2. The van der Waals surface area contributed by atoms with E-state index >= 15 is 0 Å². The summed E-state index contributed by atoms with van der Waals surface area (Å²) in [7, 11) is -3.49. The number of aliphatic hydroxyl groups excluding tert-OH is 1. The van der Waals surface area contributed by atoms with Gasteiger partial charge in [-0.1, -0.05) is 6.07 Å². The lowest BCUT2D eigenvalue weighted by atomic mass is 10.00. The van der Waals surface area contributed by atoms with Crippen LogP contribution in [0.15, 0.2) is 24.5 Å². The zero-order chi connectivity index (χ0) is 14.6. The molecule has 112 valence electrons. The molecular formula is C13H21N3O3S. The van der Waals surface area contributed by atoms with Crippen molar-refractivity contribution in [3.05, 3.63) is 30.1 Å². The predicted molar refractivity (Wildman–Crippen MR) is 76.1 cm³/mol. The molecule has 0 aromatic carbocycles. The summed E-state index contributed by atoms with van der Waals surface area (Å²) < 4.78 is 28.7. The van der Waals surface area contributed by atoms with Crippen molar-refractivity contribution >= 4 is 10.2 Å². The van der Waals surface area contributed by atoms with Gasteiger partial charge >= 0.3 is 0 Å². The number of hydrogen-bond donors (Lipinski definition) is 2. The molecule has 0 radical (unpaired) electrons. The minimum Gasteiger partial charge on any atom is -0.396 e. The van der Waals surface area contributed by atoms with Crippen LogP contribution < -0.4 is 4.72 Å². The van der Waals surface area contributed by atoms with E-state index < -0.39 is 10.2 Å². The van der Waals surface area contributed by atoms with Crippen molar-refractivity contribution in [1.82, 2.24) is 14.0 Å². The number of aromatic nitrogens is 1. The molecule has 0 spiro atoms. The summed E-state index contributed by atoms with van der Waals surface area (Å²) in [5.41, 5.74) is 0.835. The molecule has 1 atom stereocenters. The average molecular weight is 299 g/mol. The van der Waals surface area contributed by atoms with Gasteiger partial charge in [0.25, 0.3) is 10.2 Å². The smallest absolute Gasteiger partial charge is 0.279 e. The standard InChI is InChI=1S/C13H21N3O3S/c1-11(13-3-2-6-14-9-13)15-20(18,19)16-7-4-12(10-17)5-8-16/h2-3,6,9,11-12,15,17H,4-5,7-8,10H2,1H3. The molecule has 6 nitrogen and oxygen atoms in total. The van der Waals surface area contributed by atoms with E-state index in [0.29, 0.717) is 25.9 Å². The van der Waals surface area contributed by atoms with Gasteiger partial charge in [-0.15, -0.1) is 0 Å². The Kier molecular flexibility index (Phi) is 5.09. The molecule has 0 saturated carbocycles. The maximum Gasteiger partial charge on any atom is 0.279 e. The van der Waals surface area contributed by atoms with E-state index in [1.807, 2.05) is 6.07 Å². The van der Waals surface area contributed by atoms with Crippen LogP contribution in [-0.2, 0) is 10.2 Å². The van der Waals surface area contributed by atoms with Crippen molar-refractivity contribution < 1.29 is 13.5 Å². The highest BCUT2D eigenvalue weighted by molar-refractivity contribution is 7.87. The van der Waals surface area contributed by atoms with Gasteiger partial charge in [0.1, 0.15) is 0 Å². The lowest BCUT2D eigenvalue weighted by molar-refractivity contribution is 0.169. The second-order valence-corrected chi connectivity index (χ2v) is 6.86. The molecule has 1 aliphatic rings. The van der Waals surface area contributed by atoms with Gasteiger partial charge in [0.05, 0.1) is 0 Å². The third kappa shape index (κ3) is 3.76. The van der Waals surface area contributed by atoms with Crippen LogP contribution in [0.2, 0.25) is 0 Å². The summed E-state index contributed by atoms with van der Waals surface area (Å²) >= 11 is 0. The summed E-state index contributed by atoms with van der Waals surface area (Å²) in [5.74, 6) is 0.220. The van der Waals surface area contributed by atoms with E-state index in [2.05, 4.69) is 9.71 Å². The number of piperidine rings is 1. The number of aliphatic hydroxyl groups is 1. The van der Waals surface area contributed by atoms with Crippen LogP contribution in [0.25, 0.3) is 0 Å². The number of nitrogens with zero attached hydrogens (tertiary/aromatic N) is 2. The van der Waals surface area contributed by atoms with E-state index in [1.54, 1.807) is 25.4 Å². The Morgan fingerprint density at radius 1 is 1.50 bits per heavy atom. The first-order valence-corrected chi connectivity index (χ1v) is 8.25. The fourth-order valence-electron chi connectivity index (χ4n) is 2.33. The normalized spacial score (nSPS) is 19.9. The van der Waals surface area contributed by atoms with Gasteiger partial charge in [-0.25, -0.2) is 0 Å². The molecule has 1 fully saturated rings. The van der Waals surface area contributed by atoms with E-state index in [9.17, 15) is 8.42 Å². The lowest BCUT2D eigenvalue weighted by Crippen LogP contribution is -2.46. The SMILES string of the molecule is CC(NS(=O)(=O)N1CCC(CO)CC1)c1cccnc1. The number of nitrogens with one attached hydrogen (secondary N) is 1. The van der Waals surface area contributed by atoms with E-state index in [4.69, 9.17) is 5.11 Å². The van der Waals surface area contributed by atoms with Gasteiger partial charge in [-0.05, 0) is 37.3 Å². The van der Waals surface area contributed by atoms with Crippen molar-refractivity contribution in [2.75, 3.05) is 19.7 Å². The van der Waals surface area contributed by atoms with Crippen LogP contribution >= 0.6 is 0 Å². The molecular weight excluding hydrogens is 278 g/mol. The summed E-state index contributed by atoms with van der Waals surface area (Å²) in [6.07, 6.45) is 4.73. The first-order valence-electron chi connectivity index (χ1n) is 6.81. The van der Waals surface area contributed by atoms with Crippen molar-refractivity contribution in [3.63, 3.8) is 0 Å². The van der Waals surface area contributed by atoms with Gasteiger partial charge in [0.2, 0.25) is 0 Å². The maximum atomic E-state index is 12.3. The number of pyridine rings is 1. The van der Waals surface area contributed by atoms with Gasteiger partial charge < -0.3 is 5.11 Å². The monoisotopic (exact) mass is 299 g/mol. The van der Waals surface area contributed by atoms with E-state index in [-0.39, 0.29) is 18.6 Å². The highest BCUT2D eigenvalue weighted by Gasteiger charge is 2.28. The van der Waals surface area contributed by atoms with Crippen LogP contribution in [0, 0.1) is 5.92 Å². The van der Waals surface area contributed by atoms with Crippen LogP contribution in [0.5, 0.6) is 0 Å². The molecule has 1 unspecified atom stereocenters. The molecule has 1 aromatic rings. The molecule has 1 aromatic heterocycles. The predicted octanol–water partition coefficient (Wildman–Crippen LogP) is 0.681. The molecule has 0 aliphatic carbocycles. The van der Waals surface area contributed by atoms with E-state index in [0.717, 1.165) is 5.56 Å². The highest BCUT2D eigenvalue weighted by Crippen LogP contribution is 2.20. The van der Waals surface area contributed by atoms with Crippen molar-refractivity contribution in [2.45, 2.75) is 25.8 Å². The second kappa shape index (κ2) is 6.62. The summed E-state index contributed by atoms with van der Waals surface area (Å²) in [4.78, 5) is 3.99.